The van der Waals surface area contributed by atoms with Gasteiger partial charge < -0.3 is 0 Å². The van der Waals surface area contributed by atoms with Crippen molar-refractivity contribution in [2.75, 3.05) is 0 Å². The van der Waals surface area contributed by atoms with Gasteiger partial charge in [-0.1, -0.05) is 34.1 Å². The van der Waals surface area contributed by atoms with Crippen LogP contribution in [0.4, 0.5) is 0 Å². The van der Waals surface area contributed by atoms with Crippen LogP contribution in [0.5, 0.6) is 0 Å². The van der Waals surface area contributed by atoms with E-state index in [2.05, 4.69) is 51.2 Å². The number of nitrogens with zero attached hydrogens (tertiary/aromatic N) is 1. The van der Waals surface area contributed by atoms with Crippen LogP contribution in [0.3, 0.4) is 0 Å². The molecule has 0 N–H and O–H groups in total. The number of benzene rings is 1. The Kier molecular flexibility index (Phi) is 3.51. The van der Waals surface area contributed by atoms with Crippen LogP contribution in [-0.4, -0.2) is 4.98 Å². The summed E-state index contributed by atoms with van der Waals surface area (Å²) in [5, 5.41) is 0. The second kappa shape index (κ2) is 5.08. The molecule has 0 fully saturated rings. The summed E-state index contributed by atoms with van der Waals surface area (Å²) in [4.78, 5) is 4.10. The molecule has 1 aromatic carbocycles. The minimum absolute atomic E-state index is 1.05. The summed E-state index contributed by atoms with van der Waals surface area (Å²) in [5.41, 5.74) is 2.66. The van der Waals surface area contributed by atoms with E-state index in [4.69, 9.17) is 0 Å². The van der Waals surface area contributed by atoms with E-state index in [1.54, 1.807) is 0 Å². The molecule has 0 amide bonds. The Labute approximate surface area is 98.3 Å². The highest BCUT2D eigenvalue weighted by molar-refractivity contribution is 9.10. The zero-order valence-electron chi connectivity index (χ0n) is 8.36. The molecule has 0 bridgehead atoms. The van der Waals surface area contributed by atoms with Crippen LogP contribution in [0.15, 0.2) is 53.3 Å². The maximum absolute atomic E-state index is 4.10. The normalized spacial score (nSPS) is 10.2. The van der Waals surface area contributed by atoms with E-state index in [0.29, 0.717) is 0 Å². The van der Waals surface area contributed by atoms with Crippen LogP contribution in [0, 0.1) is 0 Å². The molecular weight excluding hydrogens is 250 g/mol. The fourth-order valence-corrected chi connectivity index (χ4v) is 1.75. The lowest BCUT2D eigenvalue weighted by atomic mass is 10.1. The van der Waals surface area contributed by atoms with E-state index < -0.39 is 0 Å². The third-order valence-electron chi connectivity index (χ3n) is 2.34. The van der Waals surface area contributed by atoms with Gasteiger partial charge >= 0.3 is 0 Å². The van der Waals surface area contributed by atoms with Gasteiger partial charge in [0.2, 0.25) is 0 Å². The van der Waals surface area contributed by atoms with Gasteiger partial charge in [-0.15, -0.1) is 0 Å². The van der Waals surface area contributed by atoms with Crippen LogP contribution in [0.25, 0.3) is 0 Å². The Morgan fingerprint density at radius 1 is 0.933 bits per heavy atom. The van der Waals surface area contributed by atoms with Gasteiger partial charge in [0, 0.05) is 16.9 Å². The second-order valence-corrected chi connectivity index (χ2v) is 4.40. The van der Waals surface area contributed by atoms with Crippen LogP contribution >= 0.6 is 15.9 Å². The van der Waals surface area contributed by atoms with Crippen LogP contribution in [0.1, 0.15) is 11.1 Å². The van der Waals surface area contributed by atoms with Gasteiger partial charge in [0.25, 0.3) is 0 Å². The van der Waals surface area contributed by atoms with Crippen molar-refractivity contribution in [1.82, 2.24) is 4.98 Å². The zero-order chi connectivity index (χ0) is 10.5. The van der Waals surface area contributed by atoms with Crippen molar-refractivity contribution >= 4 is 15.9 Å². The fraction of sp³-hybridized carbons (Fsp3) is 0.154. The molecule has 0 aliphatic heterocycles. The van der Waals surface area contributed by atoms with Gasteiger partial charge in [0.05, 0.1) is 0 Å². The number of halogens is 1. The monoisotopic (exact) mass is 261 g/mol. The maximum Gasteiger partial charge on any atom is 0.0299 e. The predicted octanol–water partition coefficient (Wildman–Crippen LogP) is 3.63. The Morgan fingerprint density at radius 3 is 2.33 bits per heavy atom. The average molecular weight is 262 g/mol. The molecule has 1 heterocycles. The van der Waals surface area contributed by atoms with E-state index in [0.717, 1.165) is 17.3 Å². The first-order valence-electron chi connectivity index (χ1n) is 4.98. The molecule has 0 aliphatic rings. The molecule has 1 nitrogen and oxygen atoms in total. The van der Waals surface area contributed by atoms with Gasteiger partial charge in [-0.25, -0.2) is 0 Å². The number of rotatable bonds is 3. The van der Waals surface area contributed by atoms with Crippen molar-refractivity contribution in [2.24, 2.45) is 0 Å². The smallest absolute Gasteiger partial charge is 0.0299 e. The molecule has 0 aliphatic carbocycles. The highest BCUT2D eigenvalue weighted by Gasteiger charge is 1.95. The summed E-state index contributed by atoms with van der Waals surface area (Å²) < 4.78 is 1.13. The molecule has 2 aromatic rings. The van der Waals surface area contributed by atoms with Gasteiger partial charge in [-0.3, -0.25) is 4.98 Å². The number of hydrogen-bond donors (Lipinski definition) is 0. The van der Waals surface area contributed by atoms with Gasteiger partial charge in [0.15, 0.2) is 0 Å². The summed E-state index contributed by atoms with van der Waals surface area (Å²) in [6, 6.07) is 12.6. The van der Waals surface area contributed by atoms with Crippen molar-refractivity contribution < 1.29 is 0 Å². The van der Waals surface area contributed by atoms with E-state index in [9.17, 15) is 0 Å². The molecule has 0 radical (unpaired) electrons. The lowest BCUT2D eigenvalue weighted by Crippen LogP contribution is -1.91. The molecular formula is C13H12BrN. The van der Waals surface area contributed by atoms with Crippen molar-refractivity contribution in [3.8, 4) is 0 Å². The van der Waals surface area contributed by atoms with Crippen molar-refractivity contribution in [2.45, 2.75) is 12.8 Å². The lowest BCUT2D eigenvalue weighted by molar-refractivity contribution is 0.949. The first-order chi connectivity index (χ1) is 7.34. The fourth-order valence-electron chi connectivity index (χ4n) is 1.49. The molecule has 0 saturated carbocycles. The van der Waals surface area contributed by atoms with Gasteiger partial charge in [-0.2, -0.15) is 0 Å². The molecule has 1 aromatic heterocycles. The quantitative estimate of drug-likeness (QED) is 0.823. The molecule has 2 heteroatoms. The summed E-state index contributed by atoms with van der Waals surface area (Å²) in [6.07, 6.45) is 5.86. The summed E-state index contributed by atoms with van der Waals surface area (Å²) in [6.45, 7) is 0. The van der Waals surface area contributed by atoms with Crippen LogP contribution in [-0.2, 0) is 12.8 Å². The van der Waals surface area contributed by atoms with Crippen LogP contribution in [0.2, 0.25) is 0 Å². The minimum atomic E-state index is 1.05. The number of hydrogen-bond acceptors (Lipinski definition) is 1. The zero-order valence-corrected chi connectivity index (χ0v) is 9.94. The third kappa shape index (κ3) is 3.17. The molecule has 0 atom stereocenters. The highest BCUT2D eigenvalue weighted by atomic mass is 79.9. The Bertz CT molecular complexity index is 408. The van der Waals surface area contributed by atoms with Gasteiger partial charge in [-0.05, 0) is 42.2 Å². The SMILES string of the molecule is Brc1ccc(CCc2cccnc2)cc1. The molecule has 15 heavy (non-hydrogen) atoms. The van der Waals surface area contributed by atoms with E-state index in [1.165, 1.54) is 11.1 Å². The Hall–Kier alpha value is -1.15. The molecule has 0 spiro atoms. The minimum Gasteiger partial charge on any atom is -0.264 e. The molecule has 76 valence electrons. The largest absolute Gasteiger partial charge is 0.264 e. The number of aryl methyl sites for hydroxylation is 2. The molecule has 0 saturated heterocycles. The van der Waals surface area contributed by atoms with Crippen molar-refractivity contribution in [3.05, 3.63) is 64.4 Å². The van der Waals surface area contributed by atoms with Crippen LogP contribution < -0.4 is 0 Å². The van der Waals surface area contributed by atoms with E-state index in [1.807, 2.05) is 18.5 Å². The Morgan fingerprint density at radius 2 is 1.67 bits per heavy atom. The number of aromatic nitrogens is 1. The Balaban J connectivity index is 1.96. The van der Waals surface area contributed by atoms with Crippen molar-refractivity contribution in [3.63, 3.8) is 0 Å². The predicted molar refractivity (Wildman–Crippen MR) is 65.8 cm³/mol. The standard InChI is InChI=1S/C13H12BrN/c14-13-7-5-11(6-8-13)3-4-12-2-1-9-15-10-12/h1-2,5-10H,3-4H2. The lowest BCUT2D eigenvalue weighted by Gasteiger charge is -2.01. The first-order valence-corrected chi connectivity index (χ1v) is 5.77. The van der Waals surface area contributed by atoms with Gasteiger partial charge in [0.1, 0.15) is 0 Å². The molecule has 0 unspecified atom stereocenters. The summed E-state index contributed by atoms with van der Waals surface area (Å²) >= 11 is 3.43. The summed E-state index contributed by atoms with van der Waals surface area (Å²) in [5.74, 6) is 0. The second-order valence-electron chi connectivity index (χ2n) is 3.49. The summed E-state index contributed by atoms with van der Waals surface area (Å²) in [7, 11) is 0. The van der Waals surface area contributed by atoms with Crippen molar-refractivity contribution in [1.29, 1.82) is 0 Å². The maximum atomic E-state index is 4.10. The third-order valence-corrected chi connectivity index (χ3v) is 2.87. The first kappa shape index (κ1) is 10.4. The highest BCUT2D eigenvalue weighted by Crippen LogP contribution is 2.12. The van der Waals surface area contributed by atoms with E-state index >= 15 is 0 Å². The van der Waals surface area contributed by atoms with E-state index in [-0.39, 0.29) is 0 Å². The molecule has 2 rings (SSSR count). The topological polar surface area (TPSA) is 12.9 Å². The average Bonchev–Trinajstić information content (AvgIpc) is 2.30. The number of pyridine rings is 1.